The zero-order chi connectivity index (χ0) is 15.8. The summed E-state index contributed by atoms with van der Waals surface area (Å²) >= 11 is 0. The topological polar surface area (TPSA) is 74.3 Å². The van der Waals surface area contributed by atoms with Gasteiger partial charge >= 0.3 is 6.01 Å². The van der Waals surface area contributed by atoms with Crippen molar-refractivity contribution in [2.75, 3.05) is 0 Å². The average Bonchev–Trinajstić information content (AvgIpc) is 3.00. The lowest BCUT2D eigenvalue weighted by atomic mass is 10.3. The summed E-state index contributed by atoms with van der Waals surface area (Å²) in [6.07, 6.45) is 1.62. The number of pyridine rings is 1. The Morgan fingerprint density at radius 2 is 1.96 bits per heavy atom. The van der Waals surface area contributed by atoms with Crippen LogP contribution >= 0.6 is 0 Å². The first-order valence-corrected chi connectivity index (χ1v) is 7.25. The Kier molecular flexibility index (Phi) is 3.04. The minimum absolute atomic E-state index is 0.137. The van der Waals surface area contributed by atoms with Gasteiger partial charge in [0.15, 0.2) is 5.65 Å². The monoisotopic (exact) mass is 307 g/mol. The van der Waals surface area contributed by atoms with Gasteiger partial charge in [-0.25, -0.2) is 4.98 Å². The highest BCUT2D eigenvalue weighted by Crippen LogP contribution is 2.19. The Labute approximate surface area is 130 Å². The van der Waals surface area contributed by atoms with Gasteiger partial charge in [0, 0.05) is 12.7 Å². The van der Waals surface area contributed by atoms with Crippen molar-refractivity contribution in [2.45, 2.75) is 13.5 Å². The average molecular weight is 307 g/mol. The highest BCUT2D eigenvalue weighted by atomic mass is 16.5. The number of aromatic nitrogens is 5. The van der Waals surface area contributed by atoms with E-state index in [-0.39, 0.29) is 11.6 Å². The van der Waals surface area contributed by atoms with Crippen molar-refractivity contribution in [3.05, 3.63) is 59.0 Å². The van der Waals surface area contributed by atoms with Crippen LogP contribution in [0.3, 0.4) is 0 Å². The molecule has 0 amide bonds. The highest BCUT2D eigenvalue weighted by Gasteiger charge is 2.15. The Hall–Kier alpha value is -3.22. The summed E-state index contributed by atoms with van der Waals surface area (Å²) < 4.78 is 8.76. The van der Waals surface area contributed by atoms with E-state index >= 15 is 0 Å². The van der Waals surface area contributed by atoms with Crippen LogP contribution in [0.15, 0.2) is 53.5 Å². The van der Waals surface area contributed by atoms with E-state index in [1.54, 1.807) is 27.4 Å². The molecule has 114 valence electrons. The van der Waals surface area contributed by atoms with Crippen LogP contribution in [0.1, 0.15) is 6.92 Å². The van der Waals surface area contributed by atoms with E-state index in [4.69, 9.17) is 4.74 Å². The van der Waals surface area contributed by atoms with Crippen molar-refractivity contribution in [3.8, 4) is 11.8 Å². The van der Waals surface area contributed by atoms with Gasteiger partial charge in [-0.2, -0.15) is 9.50 Å². The van der Waals surface area contributed by atoms with Crippen LogP contribution in [0.2, 0.25) is 0 Å². The molecule has 0 aliphatic rings. The highest BCUT2D eigenvalue weighted by molar-refractivity contribution is 5.75. The summed E-state index contributed by atoms with van der Waals surface area (Å²) in [7, 11) is 0. The smallest absolute Gasteiger partial charge is 0.343 e. The molecule has 0 fully saturated rings. The summed E-state index contributed by atoms with van der Waals surface area (Å²) in [5.41, 5.74) is 0.328. The number of aryl methyl sites for hydroxylation is 1. The number of rotatable bonds is 3. The largest absolute Gasteiger partial charge is 0.423 e. The number of ether oxygens (including phenoxy) is 1. The lowest BCUT2D eigenvalue weighted by Crippen LogP contribution is -2.23. The SMILES string of the molecule is CCn1c(=O)c2cccnc2n2nc(Oc3ccccc3)nc12. The number of hydrogen-bond acceptors (Lipinski definition) is 5. The second kappa shape index (κ2) is 5.20. The van der Waals surface area contributed by atoms with Crippen molar-refractivity contribution in [1.29, 1.82) is 0 Å². The number of para-hydroxylation sites is 1. The second-order valence-corrected chi connectivity index (χ2v) is 4.95. The van der Waals surface area contributed by atoms with Gasteiger partial charge in [0.05, 0.1) is 5.39 Å². The van der Waals surface area contributed by atoms with Crippen molar-refractivity contribution in [2.24, 2.45) is 0 Å². The maximum Gasteiger partial charge on any atom is 0.343 e. The zero-order valence-corrected chi connectivity index (χ0v) is 12.4. The number of nitrogens with zero attached hydrogens (tertiary/aromatic N) is 5. The van der Waals surface area contributed by atoms with E-state index in [0.717, 1.165) is 0 Å². The van der Waals surface area contributed by atoms with Crippen LogP contribution in [0.25, 0.3) is 16.8 Å². The quantitative estimate of drug-likeness (QED) is 0.580. The Morgan fingerprint density at radius 1 is 1.13 bits per heavy atom. The lowest BCUT2D eigenvalue weighted by molar-refractivity contribution is 0.443. The van der Waals surface area contributed by atoms with E-state index in [1.807, 2.05) is 37.3 Å². The summed E-state index contributed by atoms with van der Waals surface area (Å²) in [4.78, 5) is 21.1. The van der Waals surface area contributed by atoms with Gasteiger partial charge < -0.3 is 4.74 Å². The minimum atomic E-state index is -0.137. The summed E-state index contributed by atoms with van der Waals surface area (Å²) in [6.45, 7) is 2.37. The van der Waals surface area contributed by atoms with E-state index in [1.165, 1.54) is 0 Å². The summed E-state index contributed by atoms with van der Waals surface area (Å²) in [5.74, 6) is 1.04. The summed E-state index contributed by atoms with van der Waals surface area (Å²) in [6, 6.07) is 12.9. The van der Waals surface area contributed by atoms with Gasteiger partial charge in [-0.15, -0.1) is 5.10 Å². The van der Waals surface area contributed by atoms with Crippen molar-refractivity contribution in [1.82, 2.24) is 24.1 Å². The predicted molar refractivity (Wildman–Crippen MR) is 84.7 cm³/mol. The molecule has 0 radical (unpaired) electrons. The van der Waals surface area contributed by atoms with Gasteiger partial charge in [0.25, 0.3) is 5.56 Å². The van der Waals surface area contributed by atoms with Gasteiger partial charge in [-0.3, -0.25) is 9.36 Å². The van der Waals surface area contributed by atoms with Gasteiger partial charge in [0.1, 0.15) is 5.75 Å². The van der Waals surface area contributed by atoms with Crippen LogP contribution in [0.4, 0.5) is 0 Å². The van der Waals surface area contributed by atoms with E-state index < -0.39 is 0 Å². The van der Waals surface area contributed by atoms with E-state index in [0.29, 0.717) is 29.1 Å². The molecule has 4 aromatic rings. The molecule has 0 saturated carbocycles. The van der Waals surface area contributed by atoms with Gasteiger partial charge in [0.2, 0.25) is 5.78 Å². The zero-order valence-electron chi connectivity index (χ0n) is 12.4. The summed E-state index contributed by atoms with van der Waals surface area (Å²) in [5, 5.41) is 4.85. The Bertz CT molecular complexity index is 1050. The van der Waals surface area contributed by atoms with Gasteiger partial charge in [-0.1, -0.05) is 18.2 Å². The first-order chi connectivity index (χ1) is 11.3. The first-order valence-electron chi connectivity index (χ1n) is 7.25. The molecule has 0 bridgehead atoms. The molecule has 23 heavy (non-hydrogen) atoms. The third-order valence-electron chi connectivity index (χ3n) is 3.54. The molecular weight excluding hydrogens is 294 g/mol. The predicted octanol–water partition coefficient (Wildman–Crippen LogP) is 2.25. The van der Waals surface area contributed by atoms with Crippen LogP contribution < -0.4 is 10.3 Å². The fourth-order valence-corrected chi connectivity index (χ4v) is 2.49. The van der Waals surface area contributed by atoms with Crippen molar-refractivity contribution < 1.29 is 4.74 Å². The lowest BCUT2D eigenvalue weighted by Gasteiger charge is -2.05. The molecule has 0 aliphatic carbocycles. The number of hydrogen-bond donors (Lipinski definition) is 0. The molecule has 0 saturated heterocycles. The molecule has 0 N–H and O–H groups in total. The number of benzene rings is 1. The van der Waals surface area contributed by atoms with E-state index in [9.17, 15) is 4.79 Å². The van der Waals surface area contributed by atoms with Crippen molar-refractivity contribution in [3.63, 3.8) is 0 Å². The number of fused-ring (bicyclic) bond motifs is 3. The third-order valence-corrected chi connectivity index (χ3v) is 3.54. The Morgan fingerprint density at radius 3 is 2.74 bits per heavy atom. The molecule has 0 unspecified atom stereocenters. The molecule has 7 heteroatoms. The normalized spacial score (nSPS) is 11.2. The van der Waals surface area contributed by atoms with Gasteiger partial charge in [-0.05, 0) is 31.2 Å². The molecule has 0 atom stereocenters. The maximum absolute atomic E-state index is 12.5. The molecule has 4 rings (SSSR count). The van der Waals surface area contributed by atoms with Crippen LogP contribution in [-0.2, 0) is 6.54 Å². The van der Waals surface area contributed by atoms with Crippen molar-refractivity contribution >= 4 is 16.8 Å². The fraction of sp³-hybridized carbons (Fsp3) is 0.125. The minimum Gasteiger partial charge on any atom is -0.423 e. The third kappa shape index (κ3) is 2.13. The fourth-order valence-electron chi connectivity index (χ4n) is 2.49. The molecule has 1 aromatic carbocycles. The standard InChI is InChI=1S/C16H13N5O2/c1-2-20-14(22)12-9-6-10-17-13(12)21-16(20)18-15(19-21)23-11-7-4-3-5-8-11/h3-10H,2H2,1H3. The molecule has 3 heterocycles. The molecule has 0 spiro atoms. The van der Waals surface area contributed by atoms with Crippen LogP contribution in [0.5, 0.6) is 11.8 Å². The second-order valence-electron chi connectivity index (χ2n) is 4.95. The maximum atomic E-state index is 12.5. The molecule has 0 aliphatic heterocycles. The molecular formula is C16H13N5O2. The molecule has 3 aromatic heterocycles. The van der Waals surface area contributed by atoms with E-state index in [2.05, 4.69) is 15.1 Å². The van der Waals surface area contributed by atoms with Crippen LogP contribution in [-0.4, -0.2) is 24.1 Å². The van der Waals surface area contributed by atoms with Crippen LogP contribution in [0, 0.1) is 0 Å². The Balaban J connectivity index is 1.97. The first kappa shape index (κ1) is 13.4. The molecule has 7 nitrogen and oxygen atoms in total.